The van der Waals surface area contributed by atoms with Gasteiger partial charge in [-0.1, -0.05) is 36.4 Å². The van der Waals surface area contributed by atoms with Gasteiger partial charge in [0.25, 0.3) is 5.91 Å². The van der Waals surface area contributed by atoms with E-state index in [0.29, 0.717) is 30.9 Å². The van der Waals surface area contributed by atoms with Gasteiger partial charge in [0, 0.05) is 24.2 Å². The highest BCUT2D eigenvalue weighted by Gasteiger charge is 2.55. The first-order chi connectivity index (χ1) is 14.0. The minimum absolute atomic E-state index is 0.303. The van der Waals surface area contributed by atoms with Gasteiger partial charge in [0.2, 0.25) is 5.91 Å². The van der Waals surface area contributed by atoms with Crippen LogP contribution in [0.25, 0.3) is 0 Å². The number of fused-ring (bicyclic) bond motifs is 2. The molecule has 2 aromatic rings. The van der Waals surface area contributed by atoms with Gasteiger partial charge in [-0.25, -0.2) is 4.79 Å². The number of carbonyl (C=O) groups is 3. The van der Waals surface area contributed by atoms with Crippen molar-refractivity contribution in [2.75, 3.05) is 24.6 Å². The summed E-state index contributed by atoms with van der Waals surface area (Å²) in [6, 6.07) is 14.2. The highest BCUT2D eigenvalue weighted by molar-refractivity contribution is 6.11. The third-order valence-corrected chi connectivity index (χ3v) is 5.57. The van der Waals surface area contributed by atoms with E-state index < -0.39 is 17.5 Å². The Balaban J connectivity index is 1.61. The standard InChI is InChI=1S/C22H23N3O4/c1-3-24(17-10-6-4-8-15(17)2)19(26)14-25-20(27)22(23-21(25)28)12-13-29-18-11-7-5-9-16(18)22/h4-11H,3,12-14H2,1-2H3,(H,23,28). The van der Waals surface area contributed by atoms with Crippen molar-refractivity contribution in [3.8, 4) is 5.75 Å². The van der Waals surface area contributed by atoms with Gasteiger partial charge in [0.05, 0.1) is 6.61 Å². The number of aryl methyl sites for hydroxylation is 1. The SMILES string of the molecule is CCN(C(=O)CN1C(=O)NC2(CCOc3ccccc32)C1=O)c1ccccc1C. The van der Waals surface area contributed by atoms with E-state index in [1.165, 1.54) is 0 Å². The fourth-order valence-corrected chi connectivity index (χ4v) is 4.08. The largest absolute Gasteiger partial charge is 0.493 e. The van der Waals surface area contributed by atoms with Crippen LogP contribution in [0.15, 0.2) is 48.5 Å². The molecule has 2 aromatic carbocycles. The summed E-state index contributed by atoms with van der Waals surface area (Å²) in [5.41, 5.74) is 1.19. The van der Waals surface area contributed by atoms with Crippen molar-refractivity contribution >= 4 is 23.5 Å². The Labute approximate surface area is 169 Å². The number of likely N-dealkylation sites (N-methyl/N-ethyl adjacent to an activating group) is 1. The third-order valence-electron chi connectivity index (χ3n) is 5.57. The van der Waals surface area contributed by atoms with Crippen LogP contribution in [0.3, 0.4) is 0 Å². The van der Waals surface area contributed by atoms with Gasteiger partial charge < -0.3 is 15.0 Å². The van der Waals surface area contributed by atoms with Crippen LogP contribution in [-0.2, 0) is 15.1 Å². The summed E-state index contributed by atoms with van der Waals surface area (Å²) in [6.45, 7) is 4.24. The molecule has 4 amide bonds. The number of imide groups is 1. The van der Waals surface area contributed by atoms with Crippen molar-refractivity contribution in [2.24, 2.45) is 0 Å². The molecule has 2 aliphatic rings. The lowest BCUT2D eigenvalue weighted by atomic mass is 9.84. The molecule has 0 aliphatic carbocycles. The number of benzene rings is 2. The molecule has 1 unspecified atom stereocenters. The van der Waals surface area contributed by atoms with Gasteiger partial charge in [0.15, 0.2) is 5.54 Å². The molecule has 1 fully saturated rings. The number of amides is 4. The van der Waals surface area contributed by atoms with Crippen LogP contribution < -0.4 is 15.0 Å². The van der Waals surface area contributed by atoms with Crippen molar-refractivity contribution in [1.29, 1.82) is 0 Å². The molecule has 0 saturated carbocycles. The van der Waals surface area contributed by atoms with Crippen molar-refractivity contribution in [3.05, 3.63) is 59.7 Å². The summed E-state index contributed by atoms with van der Waals surface area (Å²) < 4.78 is 5.64. The molecule has 1 spiro atoms. The molecule has 0 bridgehead atoms. The first-order valence-corrected chi connectivity index (χ1v) is 9.70. The van der Waals surface area contributed by atoms with Crippen LogP contribution in [0.1, 0.15) is 24.5 Å². The Bertz CT molecular complexity index is 990. The van der Waals surface area contributed by atoms with Gasteiger partial charge in [-0.05, 0) is 31.5 Å². The van der Waals surface area contributed by atoms with Crippen molar-refractivity contribution in [2.45, 2.75) is 25.8 Å². The highest BCUT2D eigenvalue weighted by atomic mass is 16.5. The molecule has 150 valence electrons. The Morgan fingerprint density at radius 1 is 1.17 bits per heavy atom. The summed E-state index contributed by atoms with van der Waals surface area (Å²) in [5.74, 6) is -0.134. The Kier molecular flexibility index (Phi) is 4.74. The van der Waals surface area contributed by atoms with Gasteiger partial charge >= 0.3 is 6.03 Å². The fourth-order valence-electron chi connectivity index (χ4n) is 4.08. The van der Waals surface area contributed by atoms with Gasteiger partial charge in [-0.15, -0.1) is 0 Å². The second-order valence-corrected chi connectivity index (χ2v) is 7.25. The van der Waals surface area contributed by atoms with Crippen LogP contribution in [0.2, 0.25) is 0 Å². The van der Waals surface area contributed by atoms with E-state index >= 15 is 0 Å². The predicted molar refractivity (Wildman–Crippen MR) is 108 cm³/mol. The lowest BCUT2D eigenvalue weighted by Crippen LogP contribution is -2.48. The quantitative estimate of drug-likeness (QED) is 0.810. The van der Waals surface area contributed by atoms with Crippen LogP contribution in [0, 0.1) is 6.92 Å². The minimum Gasteiger partial charge on any atom is -0.493 e. The zero-order valence-electron chi connectivity index (χ0n) is 16.5. The first kappa shape index (κ1) is 19.0. The number of urea groups is 1. The maximum absolute atomic E-state index is 13.3. The summed E-state index contributed by atoms with van der Waals surface area (Å²) >= 11 is 0. The van der Waals surface area contributed by atoms with E-state index in [9.17, 15) is 14.4 Å². The molecule has 29 heavy (non-hydrogen) atoms. The van der Waals surface area contributed by atoms with Gasteiger partial charge in [0.1, 0.15) is 12.3 Å². The number of para-hydroxylation sites is 2. The van der Waals surface area contributed by atoms with Crippen molar-refractivity contribution in [1.82, 2.24) is 10.2 Å². The smallest absolute Gasteiger partial charge is 0.325 e. The molecule has 4 rings (SSSR count). The number of nitrogens with one attached hydrogen (secondary N) is 1. The Morgan fingerprint density at radius 3 is 2.66 bits per heavy atom. The maximum atomic E-state index is 13.3. The number of hydrogen-bond acceptors (Lipinski definition) is 4. The molecule has 0 aromatic heterocycles. The first-order valence-electron chi connectivity index (χ1n) is 9.70. The molecule has 1 saturated heterocycles. The molecular weight excluding hydrogens is 370 g/mol. The summed E-state index contributed by atoms with van der Waals surface area (Å²) in [6.07, 6.45) is 0.328. The van der Waals surface area contributed by atoms with Gasteiger partial charge in [-0.3, -0.25) is 14.5 Å². The number of hydrogen-bond donors (Lipinski definition) is 1. The topological polar surface area (TPSA) is 79.0 Å². The van der Waals surface area contributed by atoms with E-state index in [0.717, 1.165) is 16.2 Å². The third kappa shape index (κ3) is 3.03. The lowest BCUT2D eigenvalue weighted by Gasteiger charge is -2.33. The molecule has 0 radical (unpaired) electrons. The summed E-state index contributed by atoms with van der Waals surface area (Å²) in [4.78, 5) is 41.7. The molecular formula is C22H23N3O4. The van der Waals surface area contributed by atoms with Crippen molar-refractivity contribution < 1.29 is 19.1 Å². The van der Waals surface area contributed by atoms with E-state index in [4.69, 9.17) is 4.74 Å². The molecule has 2 heterocycles. The monoisotopic (exact) mass is 393 g/mol. The second-order valence-electron chi connectivity index (χ2n) is 7.25. The van der Waals surface area contributed by atoms with Crippen LogP contribution in [-0.4, -0.2) is 42.4 Å². The summed E-state index contributed by atoms with van der Waals surface area (Å²) in [5, 5.41) is 2.83. The van der Waals surface area contributed by atoms with Crippen molar-refractivity contribution in [3.63, 3.8) is 0 Å². The van der Waals surface area contributed by atoms with E-state index in [-0.39, 0.29) is 12.5 Å². The molecule has 1 N–H and O–H groups in total. The number of rotatable bonds is 4. The Hall–Kier alpha value is -3.35. The zero-order valence-corrected chi connectivity index (χ0v) is 16.5. The Morgan fingerprint density at radius 2 is 1.90 bits per heavy atom. The van der Waals surface area contributed by atoms with E-state index in [1.54, 1.807) is 23.1 Å². The average molecular weight is 393 g/mol. The van der Waals surface area contributed by atoms with Crippen LogP contribution in [0.5, 0.6) is 5.75 Å². The average Bonchev–Trinajstić information content (AvgIpc) is 2.95. The number of ether oxygens (including phenoxy) is 1. The minimum atomic E-state index is -1.17. The molecule has 1 atom stereocenters. The molecule has 2 aliphatic heterocycles. The number of anilines is 1. The zero-order chi connectivity index (χ0) is 20.6. The van der Waals surface area contributed by atoms with Gasteiger partial charge in [-0.2, -0.15) is 0 Å². The normalized spacial score (nSPS) is 20.3. The lowest BCUT2D eigenvalue weighted by molar-refractivity contribution is -0.135. The van der Waals surface area contributed by atoms with Crippen LogP contribution >= 0.6 is 0 Å². The maximum Gasteiger partial charge on any atom is 0.325 e. The second kappa shape index (κ2) is 7.24. The molecule has 7 nitrogen and oxygen atoms in total. The molecule has 7 heteroatoms. The number of carbonyl (C=O) groups excluding carboxylic acids is 3. The highest BCUT2D eigenvalue weighted by Crippen LogP contribution is 2.41. The van der Waals surface area contributed by atoms with Crippen LogP contribution in [0.4, 0.5) is 10.5 Å². The fraction of sp³-hybridized carbons (Fsp3) is 0.318. The van der Waals surface area contributed by atoms with E-state index in [2.05, 4.69) is 5.32 Å². The predicted octanol–water partition coefficient (Wildman–Crippen LogP) is 2.58. The van der Waals surface area contributed by atoms with E-state index in [1.807, 2.05) is 44.2 Å². The summed E-state index contributed by atoms with van der Waals surface area (Å²) in [7, 11) is 0. The number of nitrogens with zero attached hydrogens (tertiary/aromatic N) is 2.